The third kappa shape index (κ3) is 2.59. The molecule has 0 aromatic heterocycles. The number of nitro benzene ring substituents is 1. The predicted molar refractivity (Wildman–Crippen MR) is 88.0 cm³/mol. The molecule has 1 aliphatic rings. The monoisotopic (exact) mass is 345 g/mol. The molecule has 0 spiro atoms. The Bertz CT molecular complexity index is 868. The first kappa shape index (κ1) is 15.9. The molecule has 1 heterocycles. The lowest BCUT2D eigenvalue weighted by Gasteiger charge is -2.23. The smallest absolute Gasteiger partial charge is 0.270 e. The molecular weight excluding hydrogens is 334 g/mol. The molecule has 0 radical (unpaired) electrons. The summed E-state index contributed by atoms with van der Waals surface area (Å²) in [5.74, 6) is -1.25. The first-order chi connectivity index (χ1) is 11.4. The number of para-hydroxylation sites is 1. The Morgan fingerprint density at radius 1 is 1.25 bits per heavy atom. The Labute approximate surface area is 141 Å². The molecule has 0 saturated heterocycles. The quantitative estimate of drug-likeness (QED) is 0.680. The van der Waals surface area contributed by atoms with Crippen LogP contribution < -0.4 is 10.6 Å². The van der Waals surface area contributed by atoms with Crippen molar-refractivity contribution < 1.29 is 14.5 Å². The molecule has 2 aromatic carbocycles. The standard InChI is InChI=1S/C16H12ClN3O4/c17-12-6-5-10(20(23)24)8-11(12)16(22)19-13-4-2-1-3-9(13)7-14(19)15(18)21/h1-6,8,14H,7H2,(H2,18,21)/t14-/m0/s1. The fraction of sp³-hybridized carbons (Fsp3) is 0.125. The first-order valence-electron chi connectivity index (χ1n) is 7.05. The van der Waals surface area contributed by atoms with E-state index in [1.54, 1.807) is 24.3 Å². The molecule has 2 N–H and O–H groups in total. The van der Waals surface area contributed by atoms with Gasteiger partial charge in [-0.15, -0.1) is 0 Å². The number of nitrogens with zero attached hydrogens (tertiary/aromatic N) is 2. The molecule has 24 heavy (non-hydrogen) atoms. The minimum absolute atomic E-state index is 0.0474. The van der Waals surface area contributed by atoms with Gasteiger partial charge < -0.3 is 5.73 Å². The van der Waals surface area contributed by atoms with Crippen LogP contribution in [-0.4, -0.2) is 22.8 Å². The summed E-state index contributed by atoms with van der Waals surface area (Å²) < 4.78 is 0. The van der Waals surface area contributed by atoms with Gasteiger partial charge in [0.2, 0.25) is 5.91 Å². The van der Waals surface area contributed by atoms with E-state index in [1.165, 1.54) is 17.0 Å². The maximum atomic E-state index is 12.9. The van der Waals surface area contributed by atoms with Crippen molar-refractivity contribution in [2.75, 3.05) is 4.90 Å². The third-order valence-corrected chi connectivity index (χ3v) is 4.24. The maximum Gasteiger partial charge on any atom is 0.270 e. The fourth-order valence-corrected chi connectivity index (χ4v) is 2.98. The van der Waals surface area contributed by atoms with E-state index in [0.717, 1.165) is 11.6 Å². The van der Waals surface area contributed by atoms with Crippen LogP contribution in [0.1, 0.15) is 15.9 Å². The Kier molecular flexibility index (Phi) is 3.94. The second kappa shape index (κ2) is 5.93. The number of rotatable bonds is 3. The minimum atomic E-state index is -0.856. The van der Waals surface area contributed by atoms with Gasteiger partial charge >= 0.3 is 0 Å². The average molecular weight is 346 g/mol. The molecule has 0 unspecified atom stereocenters. The van der Waals surface area contributed by atoms with Crippen LogP contribution in [0.3, 0.4) is 0 Å². The lowest BCUT2D eigenvalue weighted by Crippen LogP contribution is -2.46. The number of amides is 2. The summed E-state index contributed by atoms with van der Waals surface area (Å²) in [6.45, 7) is 0. The largest absolute Gasteiger partial charge is 0.368 e. The number of carbonyl (C=O) groups excluding carboxylic acids is 2. The number of primary amides is 1. The van der Waals surface area contributed by atoms with E-state index >= 15 is 0 Å². The molecule has 7 nitrogen and oxygen atoms in total. The minimum Gasteiger partial charge on any atom is -0.368 e. The zero-order valence-corrected chi connectivity index (χ0v) is 13.1. The van der Waals surface area contributed by atoms with Gasteiger partial charge in [0.25, 0.3) is 11.6 Å². The van der Waals surface area contributed by atoms with Gasteiger partial charge in [-0.2, -0.15) is 0 Å². The number of non-ortho nitro benzene ring substituents is 1. The third-order valence-electron chi connectivity index (χ3n) is 3.91. The summed E-state index contributed by atoms with van der Waals surface area (Å²) in [6.07, 6.45) is 0.295. The summed E-state index contributed by atoms with van der Waals surface area (Å²) in [5.41, 5.74) is 6.47. The first-order valence-corrected chi connectivity index (χ1v) is 7.42. The number of anilines is 1. The predicted octanol–water partition coefficient (Wildman–Crippen LogP) is 2.30. The number of carbonyl (C=O) groups is 2. The van der Waals surface area contributed by atoms with Gasteiger partial charge in [-0.25, -0.2) is 0 Å². The van der Waals surface area contributed by atoms with E-state index in [-0.39, 0.29) is 16.3 Å². The molecule has 0 aliphatic carbocycles. The van der Waals surface area contributed by atoms with E-state index in [1.807, 2.05) is 0 Å². The van der Waals surface area contributed by atoms with Gasteiger partial charge in [0, 0.05) is 24.2 Å². The fourth-order valence-electron chi connectivity index (χ4n) is 2.79. The number of nitro groups is 1. The van der Waals surface area contributed by atoms with Crippen LogP contribution in [0.5, 0.6) is 0 Å². The van der Waals surface area contributed by atoms with E-state index < -0.39 is 22.8 Å². The highest BCUT2D eigenvalue weighted by Crippen LogP contribution is 2.35. The van der Waals surface area contributed by atoms with Crippen molar-refractivity contribution in [3.05, 3.63) is 68.7 Å². The van der Waals surface area contributed by atoms with E-state index in [9.17, 15) is 19.7 Å². The Hall–Kier alpha value is -2.93. The summed E-state index contributed by atoms with van der Waals surface area (Å²) in [7, 11) is 0. The van der Waals surface area contributed by atoms with Gasteiger partial charge in [0.15, 0.2) is 0 Å². The van der Waals surface area contributed by atoms with Crippen molar-refractivity contribution in [3.8, 4) is 0 Å². The van der Waals surface area contributed by atoms with Crippen molar-refractivity contribution in [3.63, 3.8) is 0 Å². The molecule has 1 atom stereocenters. The highest BCUT2D eigenvalue weighted by Gasteiger charge is 2.38. The highest BCUT2D eigenvalue weighted by molar-refractivity contribution is 6.35. The van der Waals surface area contributed by atoms with Crippen LogP contribution in [0.4, 0.5) is 11.4 Å². The van der Waals surface area contributed by atoms with E-state index in [4.69, 9.17) is 17.3 Å². The number of benzene rings is 2. The van der Waals surface area contributed by atoms with Crippen LogP contribution >= 0.6 is 11.6 Å². The molecule has 122 valence electrons. The van der Waals surface area contributed by atoms with Crippen LogP contribution in [0.2, 0.25) is 5.02 Å². The topological polar surface area (TPSA) is 107 Å². The number of halogens is 1. The zero-order chi connectivity index (χ0) is 17.4. The Balaban J connectivity index is 2.10. The molecule has 0 fully saturated rings. The Morgan fingerprint density at radius 3 is 2.62 bits per heavy atom. The summed E-state index contributed by atoms with van der Waals surface area (Å²) in [5, 5.41) is 11.0. The average Bonchev–Trinajstić information content (AvgIpc) is 2.94. The van der Waals surface area contributed by atoms with Crippen LogP contribution in [0, 0.1) is 10.1 Å². The molecular formula is C16H12ClN3O4. The van der Waals surface area contributed by atoms with Gasteiger partial charge in [-0.1, -0.05) is 29.8 Å². The molecule has 1 aliphatic heterocycles. The molecule has 2 aromatic rings. The second-order valence-corrected chi connectivity index (χ2v) is 5.75. The summed E-state index contributed by atoms with van der Waals surface area (Å²) in [6, 6.07) is 9.77. The lowest BCUT2D eigenvalue weighted by atomic mass is 10.1. The van der Waals surface area contributed by atoms with Crippen molar-refractivity contribution in [1.82, 2.24) is 0 Å². The van der Waals surface area contributed by atoms with E-state index in [2.05, 4.69) is 0 Å². The normalized spacial score (nSPS) is 15.9. The summed E-state index contributed by atoms with van der Waals surface area (Å²) >= 11 is 6.04. The van der Waals surface area contributed by atoms with Gasteiger partial charge in [0.05, 0.1) is 15.5 Å². The zero-order valence-electron chi connectivity index (χ0n) is 12.3. The molecule has 8 heteroatoms. The number of fused-ring (bicyclic) bond motifs is 1. The molecule has 0 saturated carbocycles. The van der Waals surface area contributed by atoms with Crippen molar-refractivity contribution in [2.24, 2.45) is 5.73 Å². The summed E-state index contributed by atoms with van der Waals surface area (Å²) in [4.78, 5) is 36.3. The van der Waals surface area contributed by atoms with Crippen LogP contribution in [0.25, 0.3) is 0 Å². The maximum absolute atomic E-state index is 12.9. The van der Waals surface area contributed by atoms with Crippen molar-refractivity contribution >= 4 is 34.8 Å². The number of hydrogen-bond acceptors (Lipinski definition) is 4. The molecule has 0 bridgehead atoms. The van der Waals surface area contributed by atoms with Crippen LogP contribution in [-0.2, 0) is 11.2 Å². The van der Waals surface area contributed by atoms with E-state index in [0.29, 0.717) is 12.1 Å². The van der Waals surface area contributed by atoms with Gasteiger partial charge in [-0.3, -0.25) is 24.6 Å². The highest BCUT2D eigenvalue weighted by atomic mass is 35.5. The van der Waals surface area contributed by atoms with Crippen LogP contribution in [0.15, 0.2) is 42.5 Å². The lowest BCUT2D eigenvalue weighted by molar-refractivity contribution is -0.384. The van der Waals surface area contributed by atoms with Crippen molar-refractivity contribution in [1.29, 1.82) is 0 Å². The number of hydrogen-bond donors (Lipinski definition) is 1. The molecule has 3 rings (SSSR count). The Morgan fingerprint density at radius 2 is 1.96 bits per heavy atom. The number of nitrogens with two attached hydrogens (primary N) is 1. The van der Waals surface area contributed by atoms with Gasteiger partial charge in [-0.05, 0) is 17.7 Å². The second-order valence-electron chi connectivity index (χ2n) is 5.35. The van der Waals surface area contributed by atoms with Crippen molar-refractivity contribution in [2.45, 2.75) is 12.5 Å². The van der Waals surface area contributed by atoms with Gasteiger partial charge in [0.1, 0.15) is 6.04 Å². The SMILES string of the molecule is NC(=O)[C@@H]1Cc2ccccc2N1C(=O)c1cc([N+](=O)[O-])ccc1Cl. The molecule has 2 amide bonds.